The lowest BCUT2D eigenvalue weighted by Gasteiger charge is -2.04. The highest BCUT2D eigenvalue weighted by atomic mass is 79.9. The van der Waals surface area contributed by atoms with E-state index in [1.165, 1.54) is 0 Å². The first kappa shape index (κ1) is 12.0. The molecule has 0 spiro atoms. The smallest absolute Gasteiger partial charge is 0.264 e. The molecule has 0 bridgehead atoms. The van der Waals surface area contributed by atoms with Gasteiger partial charge in [-0.3, -0.25) is 4.18 Å². The van der Waals surface area contributed by atoms with Crippen molar-refractivity contribution in [3.05, 3.63) is 33.3 Å². The highest BCUT2D eigenvalue weighted by Crippen LogP contribution is 2.21. The monoisotopic (exact) mass is 298 g/mol. The molecule has 0 saturated heterocycles. The van der Waals surface area contributed by atoms with Crippen LogP contribution >= 0.6 is 27.5 Å². The molecule has 0 atom stereocenters. The molecular weight excluding hydrogens is 292 g/mol. The molecule has 0 saturated carbocycles. The Hall–Kier alpha value is -0.100. The maximum atomic E-state index is 10.7. The number of benzene rings is 1. The summed E-state index contributed by atoms with van der Waals surface area (Å²) in [5.74, 6) is 0. The van der Waals surface area contributed by atoms with Crippen molar-refractivity contribution in [2.75, 3.05) is 6.26 Å². The van der Waals surface area contributed by atoms with Crippen LogP contribution in [0.4, 0.5) is 0 Å². The third-order valence-electron chi connectivity index (χ3n) is 1.44. The first-order valence-electron chi connectivity index (χ1n) is 3.67. The van der Waals surface area contributed by atoms with Gasteiger partial charge < -0.3 is 0 Å². The summed E-state index contributed by atoms with van der Waals surface area (Å²) in [7, 11) is -3.43. The van der Waals surface area contributed by atoms with Gasteiger partial charge in [0.25, 0.3) is 10.1 Å². The summed E-state index contributed by atoms with van der Waals surface area (Å²) in [5, 5.41) is 0.483. The van der Waals surface area contributed by atoms with Gasteiger partial charge >= 0.3 is 0 Å². The summed E-state index contributed by atoms with van der Waals surface area (Å²) < 4.78 is 26.9. The third-order valence-corrected chi connectivity index (χ3v) is 2.84. The minimum absolute atomic E-state index is 0.0445. The molecule has 6 heteroatoms. The number of hydrogen-bond donors (Lipinski definition) is 0. The van der Waals surface area contributed by atoms with Gasteiger partial charge in [0.2, 0.25) is 0 Å². The van der Waals surface area contributed by atoms with E-state index in [1.54, 1.807) is 18.2 Å². The van der Waals surface area contributed by atoms with Crippen molar-refractivity contribution in [3.8, 4) is 0 Å². The van der Waals surface area contributed by atoms with Crippen LogP contribution in [0, 0.1) is 0 Å². The Bertz CT molecular complexity index is 430. The Morgan fingerprint density at radius 1 is 1.50 bits per heavy atom. The van der Waals surface area contributed by atoms with Crippen LogP contribution in [-0.4, -0.2) is 14.7 Å². The number of rotatable bonds is 3. The molecule has 0 N–H and O–H groups in total. The predicted molar refractivity (Wildman–Crippen MR) is 58.8 cm³/mol. The van der Waals surface area contributed by atoms with Crippen LogP contribution in [0.25, 0.3) is 0 Å². The van der Waals surface area contributed by atoms with E-state index in [0.717, 1.165) is 10.7 Å². The van der Waals surface area contributed by atoms with E-state index in [-0.39, 0.29) is 6.61 Å². The Morgan fingerprint density at radius 2 is 2.14 bits per heavy atom. The molecule has 0 aliphatic carbocycles. The molecule has 14 heavy (non-hydrogen) atoms. The molecule has 3 nitrogen and oxygen atoms in total. The van der Waals surface area contributed by atoms with E-state index in [9.17, 15) is 8.42 Å². The normalized spacial score (nSPS) is 11.6. The van der Waals surface area contributed by atoms with Gasteiger partial charge in [-0.25, -0.2) is 0 Å². The van der Waals surface area contributed by atoms with E-state index in [2.05, 4.69) is 20.1 Å². The molecule has 0 unspecified atom stereocenters. The fraction of sp³-hybridized carbons (Fsp3) is 0.250. The summed E-state index contributed by atoms with van der Waals surface area (Å²) in [5.41, 5.74) is 0.631. The highest BCUT2D eigenvalue weighted by molar-refractivity contribution is 9.10. The molecule has 1 rings (SSSR count). The summed E-state index contributed by atoms with van der Waals surface area (Å²) >= 11 is 9.08. The van der Waals surface area contributed by atoms with Crippen LogP contribution < -0.4 is 0 Å². The number of halogens is 2. The molecule has 78 valence electrons. The first-order valence-corrected chi connectivity index (χ1v) is 6.65. The second-order valence-electron chi connectivity index (χ2n) is 2.70. The van der Waals surface area contributed by atoms with Gasteiger partial charge in [0.1, 0.15) is 0 Å². The second-order valence-corrected chi connectivity index (χ2v) is 5.67. The average Bonchev–Trinajstić information content (AvgIpc) is 2.05. The average molecular weight is 300 g/mol. The summed E-state index contributed by atoms with van der Waals surface area (Å²) in [4.78, 5) is 0. The SMILES string of the molecule is CS(=O)(=O)OCc1cc(Br)ccc1Cl. The van der Waals surface area contributed by atoms with Gasteiger partial charge in [-0.15, -0.1) is 0 Å². The number of hydrogen-bond acceptors (Lipinski definition) is 3. The standard InChI is InChI=1S/C8H8BrClO3S/c1-14(11,12)13-5-6-4-7(9)2-3-8(6)10/h2-4H,5H2,1H3. The molecular formula is C8H8BrClO3S. The molecule has 0 fully saturated rings. The third kappa shape index (κ3) is 3.96. The minimum atomic E-state index is -3.43. The molecule has 0 aliphatic rings. The zero-order chi connectivity index (χ0) is 10.8. The van der Waals surface area contributed by atoms with Crippen LogP contribution in [0.1, 0.15) is 5.56 Å². The van der Waals surface area contributed by atoms with Crippen molar-refractivity contribution in [1.82, 2.24) is 0 Å². The zero-order valence-electron chi connectivity index (χ0n) is 7.33. The van der Waals surface area contributed by atoms with Gasteiger partial charge in [0.05, 0.1) is 12.9 Å². The van der Waals surface area contributed by atoms with Gasteiger partial charge in [0.15, 0.2) is 0 Å². The van der Waals surface area contributed by atoms with Gasteiger partial charge in [-0.2, -0.15) is 8.42 Å². The van der Waals surface area contributed by atoms with Crippen LogP contribution in [0.5, 0.6) is 0 Å². The van der Waals surface area contributed by atoms with Crippen molar-refractivity contribution in [1.29, 1.82) is 0 Å². The molecule has 0 aromatic heterocycles. The van der Waals surface area contributed by atoms with Crippen LogP contribution in [0.3, 0.4) is 0 Å². The fourth-order valence-electron chi connectivity index (χ4n) is 0.824. The molecule has 1 aromatic rings. The van der Waals surface area contributed by atoms with Crippen molar-refractivity contribution < 1.29 is 12.6 Å². The summed E-state index contributed by atoms with van der Waals surface area (Å²) in [6.07, 6.45) is 0.999. The molecule has 0 aliphatic heterocycles. The largest absolute Gasteiger partial charge is 0.265 e. The van der Waals surface area contributed by atoms with Crippen molar-refractivity contribution >= 4 is 37.6 Å². The Kier molecular flexibility index (Phi) is 3.94. The van der Waals surface area contributed by atoms with Crippen LogP contribution in [0.15, 0.2) is 22.7 Å². The lowest BCUT2D eigenvalue weighted by Crippen LogP contribution is -2.02. The van der Waals surface area contributed by atoms with E-state index in [0.29, 0.717) is 10.6 Å². The quantitative estimate of drug-likeness (QED) is 0.806. The van der Waals surface area contributed by atoms with Crippen LogP contribution in [0.2, 0.25) is 5.02 Å². The van der Waals surface area contributed by atoms with Crippen molar-refractivity contribution in [3.63, 3.8) is 0 Å². The van der Waals surface area contributed by atoms with E-state index >= 15 is 0 Å². The lowest BCUT2D eigenvalue weighted by molar-refractivity contribution is 0.312. The van der Waals surface area contributed by atoms with Crippen LogP contribution in [-0.2, 0) is 20.9 Å². The maximum absolute atomic E-state index is 10.7. The highest BCUT2D eigenvalue weighted by Gasteiger charge is 2.06. The van der Waals surface area contributed by atoms with Gasteiger partial charge in [-0.1, -0.05) is 27.5 Å². The summed E-state index contributed by atoms with van der Waals surface area (Å²) in [6.45, 7) is -0.0445. The Balaban J connectivity index is 2.81. The topological polar surface area (TPSA) is 43.4 Å². The van der Waals surface area contributed by atoms with Gasteiger partial charge in [-0.05, 0) is 23.8 Å². The van der Waals surface area contributed by atoms with E-state index in [4.69, 9.17) is 11.6 Å². The maximum Gasteiger partial charge on any atom is 0.264 e. The molecule has 0 amide bonds. The predicted octanol–water partition coefficient (Wildman–Crippen LogP) is 2.58. The fourth-order valence-corrected chi connectivity index (χ4v) is 1.75. The van der Waals surface area contributed by atoms with Crippen molar-refractivity contribution in [2.24, 2.45) is 0 Å². The molecule has 1 aromatic carbocycles. The Labute approximate surface area is 96.3 Å². The lowest BCUT2D eigenvalue weighted by atomic mass is 10.2. The Morgan fingerprint density at radius 3 is 2.71 bits per heavy atom. The zero-order valence-corrected chi connectivity index (χ0v) is 10.5. The summed E-state index contributed by atoms with van der Waals surface area (Å²) in [6, 6.07) is 5.16. The van der Waals surface area contributed by atoms with Crippen molar-refractivity contribution in [2.45, 2.75) is 6.61 Å². The van der Waals surface area contributed by atoms with Gasteiger partial charge in [0, 0.05) is 9.50 Å². The second kappa shape index (κ2) is 4.61. The first-order chi connectivity index (χ1) is 6.38. The minimum Gasteiger partial charge on any atom is -0.265 e. The molecule has 0 radical (unpaired) electrons. The van der Waals surface area contributed by atoms with E-state index in [1.807, 2.05) is 0 Å². The molecule has 0 heterocycles. The van der Waals surface area contributed by atoms with E-state index < -0.39 is 10.1 Å².